The Labute approximate surface area is 94.2 Å². The van der Waals surface area contributed by atoms with Gasteiger partial charge in [0, 0.05) is 0 Å². The number of carbonyl (C=O) groups excluding carboxylic acids is 1. The number of rotatable bonds is 3. The molecular weight excluding hydrogens is 212 g/mol. The Bertz CT molecular complexity index is 387. The van der Waals surface area contributed by atoms with Crippen LogP contribution in [0.1, 0.15) is 24.5 Å². The lowest BCUT2D eigenvalue weighted by molar-refractivity contribution is -0.117. The maximum atomic E-state index is 10.8. The molecule has 0 aliphatic heterocycles. The number of hydrogen-bond acceptors (Lipinski definition) is 2. The minimum Gasteiger partial charge on any atom is -0.482 e. The Hall–Kier alpha value is -1.02. The zero-order valence-corrected chi connectivity index (χ0v) is 9.38. The molecule has 1 aromatic carbocycles. The van der Waals surface area contributed by atoms with Crippen LogP contribution in [0.25, 0.3) is 0 Å². The third-order valence-corrected chi connectivity index (χ3v) is 3.01. The van der Waals surface area contributed by atoms with Gasteiger partial charge in [0.15, 0.2) is 6.10 Å². The van der Waals surface area contributed by atoms with Crippen LogP contribution in [0.4, 0.5) is 0 Å². The third kappa shape index (κ3) is 2.32. The van der Waals surface area contributed by atoms with Crippen LogP contribution < -0.4 is 4.74 Å². The van der Waals surface area contributed by atoms with Gasteiger partial charge in [-0.2, -0.15) is 0 Å². The number of fused-ring (bicyclic) bond motifs is 1. The fourth-order valence-corrected chi connectivity index (χ4v) is 1.92. The Morgan fingerprint density at radius 1 is 1.40 bits per heavy atom. The molecule has 0 N–H and O–H groups in total. The van der Waals surface area contributed by atoms with Crippen molar-refractivity contribution >= 4 is 16.8 Å². The molecule has 0 spiro atoms. The van der Waals surface area contributed by atoms with Crippen LogP contribution >= 0.6 is 11.6 Å². The molecule has 0 fully saturated rings. The molecule has 0 heterocycles. The fourth-order valence-electron chi connectivity index (χ4n) is 1.87. The summed E-state index contributed by atoms with van der Waals surface area (Å²) >= 11 is 5.33. The van der Waals surface area contributed by atoms with Gasteiger partial charge in [0.25, 0.3) is 5.24 Å². The predicted molar refractivity (Wildman–Crippen MR) is 59.4 cm³/mol. The number of halogens is 1. The van der Waals surface area contributed by atoms with Gasteiger partial charge in [0.2, 0.25) is 0 Å². The van der Waals surface area contributed by atoms with E-state index in [0.29, 0.717) is 0 Å². The van der Waals surface area contributed by atoms with E-state index in [0.717, 1.165) is 18.6 Å². The first-order chi connectivity index (χ1) is 7.16. The van der Waals surface area contributed by atoms with Gasteiger partial charge in [-0.05, 0) is 61.0 Å². The average Bonchev–Trinajstić information content (AvgIpc) is 2.64. The summed E-state index contributed by atoms with van der Waals surface area (Å²) in [5.74, 6) is 0.733. The van der Waals surface area contributed by atoms with Crippen molar-refractivity contribution in [2.45, 2.75) is 32.3 Å². The van der Waals surface area contributed by atoms with Crippen molar-refractivity contribution in [3.05, 3.63) is 29.3 Å². The SMILES string of the molecule is CC(Oc1ccc2c(c1)CCC2)C(=O)Cl. The lowest BCUT2D eigenvalue weighted by Gasteiger charge is -2.11. The van der Waals surface area contributed by atoms with Crippen molar-refractivity contribution in [3.8, 4) is 5.75 Å². The second kappa shape index (κ2) is 4.23. The van der Waals surface area contributed by atoms with Gasteiger partial charge in [0.05, 0.1) is 0 Å². The molecular formula is C12H13ClO2. The zero-order valence-electron chi connectivity index (χ0n) is 8.63. The molecule has 1 aromatic rings. The number of ether oxygens (including phenoxy) is 1. The highest BCUT2D eigenvalue weighted by Gasteiger charge is 2.14. The lowest BCUT2D eigenvalue weighted by atomic mass is 10.1. The first kappa shape index (κ1) is 10.5. The molecule has 2 rings (SSSR count). The highest BCUT2D eigenvalue weighted by molar-refractivity contribution is 6.64. The summed E-state index contributed by atoms with van der Waals surface area (Å²) < 4.78 is 5.42. The summed E-state index contributed by atoms with van der Waals surface area (Å²) in [6.07, 6.45) is 2.89. The minimum atomic E-state index is -0.578. The average molecular weight is 225 g/mol. The molecule has 15 heavy (non-hydrogen) atoms. The first-order valence-electron chi connectivity index (χ1n) is 5.14. The summed E-state index contributed by atoms with van der Waals surface area (Å²) in [6.45, 7) is 1.66. The molecule has 0 saturated carbocycles. The van der Waals surface area contributed by atoms with E-state index < -0.39 is 11.3 Å². The van der Waals surface area contributed by atoms with E-state index in [9.17, 15) is 4.79 Å². The third-order valence-electron chi connectivity index (χ3n) is 2.70. The first-order valence-corrected chi connectivity index (χ1v) is 5.52. The number of carbonyl (C=O) groups is 1. The Kier molecular flexibility index (Phi) is 2.96. The molecule has 80 valence electrons. The van der Waals surface area contributed by atoms with Gasteiger partial charge in [-0.1, -0.05) is 6.07 Å². The Morgan fingerprint density at radius 3 is 2.87 bits per heavy atom. The van der Waals surface area contributed by atoms with Gasteiger partial charge in [-0.3, -0.25) is 4.79 Å². The van der Waals surface area contributed by atoms with Crippen LogP contribution in [0.5, 0.6) is 5.75 Å². The van der Waals surface area contributed by atoms with Gasteiger partial charge in [-0.25, -0.2) is 0 Å². The summed E-state index contributed by atoms with van der Waals surface area (Å²) in [6, 6.07) is 5.99. The van der Waals surface area contributed by atoms with Crippen molar-refractivity contribution in [1.82, 2.24) is 0 Å². The maximum absolute atomic E-state index is 10.8. The van der Waals surface area contributed by atoms with Crippen molar-refractivity contribution < 1.29 is 9.53 Å². The van der Waals surface area contributed by atoms with Gasteiger partial charge < -0.3 is 4.74 Å². The predicted octanol–water partition coefficient (Wildman–Crippen LogP) is 2.71. The number of hydrogen-bond donors (Lipinski definition) is 0. The highest BCUT2D eigenvalue weighted by atomic mass is 35.5. The van der Waals surface area contributed by atoms with E-state index in [1.165, 1.54) is 17.5 Å². The molecule has 1 unspecified atom stereocenters. The van der Waals surface area contributed by atoms with Gasteiger partial charge >= 0.3 is 0 Å². The summed E-state index contributed by atoms with van der Waals surface area (Å²) in [4.78, 5) is 10.8. The van der Waals surface area contributed by atoms with E-state index in [4.69, 9.17) is 16.3 Å². The molecule has 0 amide bonds. The molecule has 0 radical (unpaired) electrons. The molecule has 0 saturated heterocycles. The van der Waals surface area contributed by atoms with Crippen molar-refractivity contribution in [1.29, 1.82) is 0 Å². The summed E-state index contributed by atoms with van der Waals surface area (Å²) in [7, 11) is 0. The Balaban J connectivity index is 2.13. The monoisotopic (exact) mass is 224 g/mol. The molecule has 1 aliphatic carbocycles. The van der Waals surface area contributed by atoms with Crippen LogP contribution in [0.3, 0.4) is 0 Å². The van der Waals surface area contributed by atoms with Crippen LogP contribution in [0.2, 0.25) is 0 Å². The summed E-state index contributed by atoms with van der Waals surface area (Å²) in [5.41, 5.74) is 2.73. The van der Waals surface area contributed by atoms with E-state index in [1.54, 1.807) is 6.92 Å². The second-order valence-corrected chi connectivity index (χ2v) is 4.22. The molecule has 1 aliphatic rings. The van der Waals surface area contributed by atoms with Crippen LogP contribution in [-0.2, 0) is 17.6 Å². The summed E-state index contributed by atoms with van der Waals surface area (Å²) in [5, 5.41) is -0.463. The fraction of sp³-hybridized carbons (Fsp3) is 0.417. The maximum Gasteiger partial charge on any atom is 0.262 e. The van der Waals surface area contributed by atoms with E-state index in [-0.39, 0.29) is 0 Å². The van der Waals surface area contributed by atoms with Crippen LogP contribution in [0.15, 0.2) is 18.2 Å². The molecule has 1 atom stereocenters. The normalized spacial score (nSPS) is 15.9. The molecule has 2 nitrogen and oxygen atoms in total. The molecule has 3 heteroatoms. The topological polar surface area (TPSA) is 26.3 Å². The van der Waals surface area contributed by atoms with E-state index >= 15 is 0 Å². The largest absolute Gasteiger partial charge is 0.482 e. The minimum absolute atomic E-state index is 0.463. The van der Waals surface area contributed by atoms with Gasteiger partial charge in [-0.15, -0.1) is 0 Å². The van der Waals surface area contributed by atoms with E-state index in [1.807, 2.05) is 12.1 Å². The molecule has 0 aromatic heterocycles. The van der Waals surface area contributed by atoms with Crippen molar-refractivity contribution in [2.24, 2.45) is 0 Å². The van der Waals surface area contributed by atoms with Crippen LogP contribution in [0, 0.1) is 0 Å². The van der Waals surface area contributed by atoms with Gasteiger partial charge in [0.1, 0.15) is 5.75 Å². The van der Waals surface area contributed by atoms with Crippen LogP contribution in [-0.4, -0.2) is 11.3 Å². The van der Waals surface area contributed by atoms with Crippen molar-refractivity contribution in [3.63, 3.8) is 0 Å². The van der Waals surface area contributed by atoms with Crippen molar-refractivity contribution in [2.75, 3.05) is 0 Å². The standard InChI is InChI=1S/C12H13ClO2/c1-8(12(13)14)15-11-6-5-9-3-2-4-10(9)7-11/h5-8H,2-4H2,1H3. The second-order valence-electron chi connectivity index (χ2n) is 3.85. The highest BCUT2D eigenvalue weighted by Crippen LogP contribution is 2.26. The Morgan fingerprint density at radius 2 is 2.13 bits per heavy atom. The van der Waals surface area contributed by atoms with E-state index in [2.05, 4.69) is 6.07 Å². The molecule has 0 bridgehead atoms. The number of benzene rings is 1. The zero-order chi connectivity index (χ0) is 10.8. The smallest absolute Gasteiger partial charge is 0.262 e. The number of aryl methyl sites for hydroxylation is 2. The quantitative estimate of drug-likeness (QED) is 0.738. The lowest BCUT2D eigenvalue weighted by Crippen LogP contribution is -2.18.